The molecule has 0 radical (unpaired) electrons. The highest BCUT2D eigenvalue weighted by Gasteiger charge is 2.23. The molecule has 7 heteroatoms. The molecule has 4 nitrogen and oxygen atoms in total. The summed E-state index contributed by atoms with van der Waals surface area (Å²) < 4.78 is 27.4. The molecule has 0 fully saturated rings. The van der Waals surface area contributed by atoms with E-state index in [-0.39, 0.29) is 16.5 Å². The van der Waals surface area contributed by atoms with Crippen molar-refractivity contribution in [1.29, 1.82) is 0 Å². The summed E-state index contributed by atoms with van der Waals surface area (Å²) in [6.07, 6.45) is 0. The number of sulfonamides is 1. The molecule has 0 heterocycles. The molecule has 0 N–H and O–H groups in total. The molecule has 2 aromatic carbocycles. The minimum absolute atomic E-state index is 0.106. The lowest BCUT2D eigenvalue weighted by Crippen LogP contribution is -2.26. The molecule has 0 unspecified atom stereocenters. The van der Waals surface area contributed by atoms with E-state index in [0.717, 1.165) is 15.7 Å². The van der Waals surface area contributed by atoms with Gasteiger partial charge < -0.3 is 4.90 Å². The summed E-state index contributed by atoms with van der Waals surface area (Å²) in [6, 6.07) is 12.5. The molecule has 0 saturated heterocycles. The number of hydrogen-bond donors (Lipinski definition) is 0. The van der Waals surface area contributed by atoms with Crippen LogP contribution in [-0.2, 0) is 16.6 Å². The summed E-state index contributed by atoms with van der Waals surface area (Å²) in [6.45, 7) is 0.280. The van der Waals surface area contributed by atoms with Crippen LogP contribution in [0.15, 0.2) is 51.8 Å². The van der Waals surface area contributed by atoms with Gasteiger partial charge in [0.05, 0.1) is 5.02 Å². The number of benzene rings is 2. The van der Waals surface area contributed by atoms with Gasteiger partial charge in [-0.05, 0) is 35.9 Å². The van der Waals surface area contributed by atoms with Gasteiger partial charge in [0.25, 0.3) is 0 Å². The monoisotopic (exact) mass is 416 g/mol. The van der Waals surface area contributed by atoms with Crippen LogP contribution in [0.25, 0.3) is 0 Å². The van der Waals surface area contributed by atoms with Crippen molar-refractivity contribution in [2.24, 2.45) is 0 Å². The van der Waals surface area contributed by atoms with E-state index in [4.69, 9.17) is 11.6 Å². The molecule has 0 aliphatic carbocycles. The summed E-state index contributed by atoms with van der Waals surface area (Å²) in [5.41, 5.74) is 1.98. The van der Waals surface area contributed by atoms with E-state index < -0.39 is 10.0 Å². The van der Waals surface area contributed by atoms with E-state index >= 15 is 0 Å². The maximum absolute atomic E-state index is 12.7. The van der Waals surface area contributed by atoms with Crippen molar-refractivity contribution in [1.82, 2.24) is 4.31 Å². The first-order valence-corrected chi connectivity index (χ1v) is 9.50. The average Bonchev–Trinajstić information content (AvgIpc) is 2.47. The molecule has 0 aromatic heterocycles. The summed E-state index contributed by atoms with van der Waals surface area (Å²) in [5, 5.41) is 0.203. The van der Waals surface area contributed by atoms with E-state index in [1.165, 1.54) is 10.4 Å². The topological polar surface area (TPSA) is 40.6 Å². The maximum atomic E-state index is 12.7. The van der Waals surface area contributed by atoms with Crippen LogP contribution in [0.5, 0.6) is 0 Å². The predicted octanol–water partition coefficient (Wildman–Crippen LogP) is 3.99. The Morgan fingerprint density at radius 1 is 1.04 bits per heavy atom. The zero-order valence-corrected chi connectivity index (χ0v) is 16.3. The Kier molecular flexibility index (Phi) is 5.73. The van der Waals surface area contributed by atoms with Gasteiger partial charge in [0, 0.05) is 37.8 Å². The number of halogens is 2. The first kappa shape index (κ1) is 18.3. The number of nitrogens with zero attached hydrogens (tertiary/aromatic N) is 2. The lowest BCUT2D eigenvalue weighted by molar-refractivity contribution is 0.467. The Labute approximate surface area is 150 Å². The van der Waals surface area contributed by atoms with Crippen molar-refractivity contribution < 1.29 is 8.42 Å². The molecule has 0 atom stereocenters. The van der Waals surface area contributed by atoms with Crippen molar-refractivity contribution in [3.63, 3.8) is 0 Å². The van der Waals surface area contributed by atoms with E-state index in [2.05, 4.69) is 15.9 Å². The smallest absolute Gasteiger partial charge is 0.244 e. The summed E-state index contributed by atoms with van der Waals surface area (Å²) in [5.74, 6) is 0. The van der Waals surface area contributed by atoms with Crippen LogP contribution < -0.4 is 4.90 Å². The van der Waals surface area contributed by atoms with Gasteiger partial charge in [0.2, 0.25) is 10.0 Å². The van der Waals surface area contributed by atoms with Gasteiger partial charge in [-0.1, -0.05) is 39.7 Å². The van der Waals surface area contributed by atoms with Gasteiger partial charge in [0.15, 0.2) is 0 Å². The zero-order valence-electron chi connectivity index (χ0n) is 13.1. The van der Waals surface area contributed by atoms with Gasteiger partial charge in [-0.3, -0.25) is 0 Å². The van der Waals surface area contributed by atoms with Gasteiger partial charge in [-0.15, -0.1) is 0 Å². The minimum Gasteiger partial charge on any atom is -0.378 e. The predicted molar refractivity (Wildman–Crippen MR) is 98.6 cm³/mol. The molecule has 0 aliphatic rings. The van der Waals surface area contributed by atoms with Crippen molar-refractivity contribution in [2.45, 2.75) is 11.4 Å². The van der Waals surface area contributed by atoms with E-state index in [0.29, 0.717) is 0 Å². The molecule has 0 saturated carbocycles. The normalized spacial score (nSPS) is 11.7. The van der Waals surface area contributed by atoms with Gasteiger partial charge >= 0.3 is 0 Å². The fourth-order valence-corrected chi connectivity index (χ4v) is 4.26. The standard InChI is InChI=1S/C16H18BrClN2O2S/c1-19(2)14-7-4-12(5-8-14)11-20(3)23(21,22)16-9-6-13(17)10-15(16)18/h4-10H,11H2,1-3H3. The molecule has 23 heavy (non-hydrogen) atoms. The summed E-state index contributed by atoms with van der Waals surface area (Å²) in [7, 11) is 1.83. The molecule has 0 spiro atoms. The summed E-state index contributed by atoms with van der Waals surface area (Å²) >= 11 is 9.35. The fraction of sp³-hybridized carbons (Fsp3) is 0.250. The van der Waals surface area contributed by atoms with Crippen LogP contribution in [0, 0.1) is 0 Å². The highest BCUT2D eigenvalue weighted by atomic mass is 79.9. The molecular weight excluding hydrogens is 400 g/mol. The highest BCUT2D eigenvalue weighted by molar-refractivity contribution is 9.10. The van der Waals surface area contributed by atoms with Gasteiger partial charge in [0.1, 0.15) is 4.90 Å². The lowest BCUT2D eigenvalue weighted by atomic mass is 10.2. The van der Waals surface area contributed by atoms with Crippen LogP contribution in [0.3, 0.4) is 0 Å². The SMILES string of the molecule is CN(C)c1ccc(CN(C)S(=O)(=O)c2ccc(Br)cc2Cl)cc1. The van der Waals surface area contributed by atoms with E-state index in [9.17, 15) is 8.42 Å². The largest absolute Gasteiger partial charge is 0.378 e. The maximum Gasteiger partial charge on any atom is 0.244 e. The minimum atomic E-state index is -3.64. The van der Waals surface area contributed by atoms with Crippen LogP contribution in [0.2, 0.25) is 5.02 Å². The van der Waals surface area contributed by atoms with E-state index in [1.807, 2.05) is 43.3 Å². The third-order valence-corrected chi connectivity index (χ3v) is 6.22. The Bertz CT molecular complexity index is 792. The number of anilines is 1. The lowest BCUT2D eigenvalue weighted by Gasteiger charge is -2.19. The average molecular weight is 418 g/mol. The Balaban J connectivity index is 2.23. The summed E-state index contributed by atoms with van der Waals surface area (Å²) in [4.78, 5) is 2.10. The third-order valence-electron chi connectivity index (χ3n) is 3.44. The quantitative estimate of drug-likeness (QED) is 0.738. The third kappa shape index (κ3) is 4.26. The molecule has 0 bridgehead atoms. The Hall–Kier alpha value is -1.08. The van der Waals surface area contributed by atoms with Gasteiger partial charge in [-0.2, -0.15) is 4.31 Å². The second-order valence-corrected chi connectivity index (χ2v) is 8.73. The highest BCUT2D eigenvalue weighted by Crippen LogP contribution is 2.28. The van der Waals surface area contributed by atoms with Crippen LogP contribution in [0.1, 0.15) is 5.56 Å². The van der Waals surface area contributed by atoms with Crippen molar-refractivity contribution in [2.75, 3.05) is 26.0 Å². The van der Waals surface area contributed by atoms with Gasteiger partial charge in [-0.25, -0.2) is 8.42 Å². The first-order valence-electron chi connectivity index (χ1n) is 6.89. The molecular formula is C16H18BrClN2O2S. The van der Waals surface area contributed by atoms with Crippen LogP contribution in [-0.4, -0.2) is 33.9 Å². The second-order valence-electron chi connectivity index (χ2n) is 5.40. The molecule has 0 amide bonds. The Morgan fingerprint density at radius 2 is 1.65 bits per heavy atom. The van der Waals surface area contributed by atoms with E-state index in [1.54, 1.807) is 19.2 Å². The van der Waals surface area contributed by atoms with Crippen molar-refractivity contribution in [3.05, 3.63) is 57.5 Å². The van der Waals surface area contributed by atoms with Crippen LogP contribution in [0.4, 0.5) is 5.69 Å². The molecule has 0 aliphatic heterocycles. The Morgan fingerprint density at radius 3 is 2.17 bits per heavy atom. The molecule has 124 valence electrons. The van der Waals surface area contributed by atoms with Crippen LogP contribution >= 0.6 is 27.5 Å². The van der Waals surface area contributed by atoms with Crippen molar-refractivity contribution >= 4 is 43.2 Å². The molecule has 2 rings (SSSR count). The second kappa shape index (κ2) is 7.21. The zero-order chi connectivity index (χ0) is 17.2. The number of hydrogen-bond acceptors (Lipinski definition) is 3. The first-order chi connectivity index (χ1) is 10.7. The fourth-order valence-electron chi connectivity index (χ4n) is 2.09. The van der Waals surface area contributed by atoms with Crippen molar-refractivity contribution in [3.8, 4) is 0 Å². The molecule has 2 aromatic rings. The number of rotatable bonds is 5.